The van der Waals surface area contributed by atoms with Crippen LogP contribution >= 0.6 is 11.3 Å². The van der Waals surface area contributed by atoms with Gasteiger partial charge in [0.05, 0.1) is 24.0 Å². The van der Waals surface area contributed by atoms with E-state index in [1.54, 1.807) is 17.8 Å². The number of thiazole rings is 1. The van der Waals surface area contributed by atoms with Crippen molar-refractivity contribution in [3.8, 4) is 0 Å². The van der Waals surface area contributed by atoms with Crippen LogP contribution in [-0.2, 0) is 11.2 Å². The van der Waals surface area contributed by atoms with Gasteiger partial charge >= 0.3 is 5.97 Å². The van der Waals surface area contributed by atoms with Crippen molar-refractivity contribution in [1.82, 2.24) is 19.9 Å². The number of carbonyl (C=O) groups excluding carboxylic acids is 2. The first-order valence-electron chi connectivity index (χ1n) is 8.10. The van der Waals surface area contributed by atoms with Crippen LogP contribution in [0.1, 0.15) is 37.2 Å². The smallest absolute Gasteiger partial charge is 0.357 e. The van der Waals surface area contributed by atoms with Crippen molar-refractivity contribution in [3.05, 3.63) is 75.9 Å². The third-order valence-corrected chi connectivity index (χ3v) is 4.90. The van der Waals surface area contributed by atoms with Gasteiger partial charge in [0.25, 0.3) is 0 Å². The van der Waals surface area contributed by atoms with Crippen molar-refractivity contribution < 1.29 is 14.3 Å². The number of hydrogen-bond acceptors (Lipinski definition) is 7. The minimum absolute atomic E-state index is 0.186. The molecule has 3 aromatic heterocycles. The largest absolute Gasteiger partial charge is 0.464 e. The van der Waals surface area contributed by atoms with Gasteiger partial charge in [-0.25, -0.2) is 14.8 Å². The zero-order valence-corrected chi connectivity index (χ0v) is 15.1. The molecule has 0 aliphatic carbocycles. The molecule has 4 rings (SSSR count). The summed E-state index contributed by atoms with van der Waals surface area (Å²) in [6.07, 6.45) is 5.14. The fraction of sp³-hybridized carbons (Fsp3) is 0.105. The van der Waals surface area contributed by atoms with E-state index in [9.17, 15) is 9.59 Å². The van der Waals surface area contributed by atoms with Crippen molar-refractivity contribution in [1.29, 1.82) is 0 Å². The molecule has 0 saturated carbocycles. The maximum atomic E-state index is 12.7. The van der Waals surface area contributed by atoms with Crippen LogP contribution in [0.5, 0.6) is 0 Å². The molecule has 3 heterocycles. The van der Waals surface area contributed by atoms with Gasteiger partial charge in [0, 0.05) is 40.7 Å². The number of ether oxygens (including phenoxy) is 1. The van der Waals surface area contributed by atoms with Crippen LogP contribution < -0.4 is 0 Å². The van der Waals surface area contributed by atoms with Gasteiger partial charge < -0.3 is 9.72 Å². The first-order chi connectivity index (χ1) is 13.2. The Bertz CT molecular complexity index is 1130. The van der Waals surface area contributed by atoms with E-state index in [-0.39, 0.29) is 17.2 Å². The van der Waals surface area contributed by atoms with Gasteiger partial charge in [-0.2, -0.15) is 0 Å². The molecule has 0 radical (unpaired) electrons. The van der Waals surface area contributed by atoms with Gasteiger partial charge in [-0.1, -0.05) is 18.2 Å². The summed E-state index contributed by atoms with van der Waals surface area (Å²) in [4.78, 5) is 40.0. The predicted octanol–water partition coefficient (Wildman–Crippen LogP) is 3.02. The highest BCUT2D eigenvalue weighted by atomic mass is 32.1. The number of hydrogen-bond donors (Lipinski definition) is 1. The van der Waals surface area contributed by atoms with Gasteiger partial charge in [0.2, 0.25) is 5.78 Å². The fourth-order valence-corrected chi connectivity index (χ4v) is 3.48. The second kappa shape index (κ2) is 7.08. The number of H-pyrrole nitrogens is 1. The summed E-state index contributed by atoms with van der Waals surface area (Å²) in [6.45, 7) is 0. The summed E-state index contributed by atoms with van der Waals surface area (Å²) >= 11 is 1.35. The van der Waals surface area contributed by atoms with Crippen molar-refractivity contribution in [3.63, 3.8) is 0 Å². The first-order valence-corrected chi connectivity index (χ1v) is 8.98. The first kappa shape index (κ1) is 17.0. The molecular formula is C19H14N4O3S. The monoisotopic (exact) mass is 378 g/mol. The molecule has 0 spiro atoms. The summed E-state index contributed by atoms with van der Waals surface area (Å²) in [7, 11) is 1.32. The maximum absolute atomic E-state index is 12.7. The fourth-order valence-electron chi connectivity index (χ4n) is 2.71. The molecule has 0 saturated heterocycles. The Kier molecular flexibility index (Phi) is 4.47. The molecule has 27 heavy (non-hydrogen) atoms. The SMILES string of the molecule is COC(=O)c1csc(Cc2cnc(C(=O)c3c[nH]c4ccccc34)cn2)n1. The lowest BCUT2D eigenvalue weighted by Crippen LogP contribution is -2.06. The molecule has 0 bridgehead atoms. The Labute approximate surface area is 158 Å². The number of aromatic nitrogens is 4. The van der Waals surface area contributed by atoms with Gasteiger partial charge in [0.1, 0.15) is 5.69 Å². The number of para-hydroxylation sites is 1. The van der Waals surface area contributed by atoms with Crippen LogP contribution in [0.3, 0.4) is 0 Å². The van der Waals surface area contributed by atoms with Crippen LogP contribution in [0.2, 0.25) is 0 Å². The second-order valence-corrected chi connectivity index (χ2v) is 6.71. The average molecular weight is 378 g/mol. The van der Waals surface area contributed by atoms with Crippen molar-refractivity contribution in [2.75, 3.05) is 7.11 Å². The molecule has 134 valence electrons. The van der Waals surface area contributed by atoms with Crippen LogP contribution in [-0.4, -0.2) is 38.8 Å². The van der Waals surface area contributed by atoms with Crippen LogP contribution in [0.4, 0.5) is 0 Å². The van der Waals surface area contributed by atoms with E-state index in [2.05, 4.69) is 24.7 Å². The van der Waals surface area contributed by atoms with E-state index >= 15 is 0 Å². The standard InChI is InChI=1S/C19H14N4O3S/c1-26-19(25)16-10-27-17(23-16)6-11-7-21-15(9-20-11)18(24)13-8-22-14-5-3-2-4-12(13)14/h2-5,7-10,22H,6H2,1H3. The quantitative estimate of drug-likeness (QED) is 0.423. The summed E-state index contributed by atoms with van der Waals surface area (Å²) < 4.78 is 4.64. The number of carbonyl (C=O) groups is 2. The zero-order chi connectivity index (χ0) is 18.8. The minimum Gasteiger partial charge on any atom is -0.464 e. The Morgan fingerprint density at radius 3 is 2.78 bits per heavy atom. The van der Waals surface area contributed by atoms with Gasteiger partial charge in [0.15, 0.2) is 5.69 Å². The molecule has 1 aromatic carbocycles. The summed E-state index contributed by atoms with van der Waals surface area (Å²) in [6, 6.07) is 7.60. The van der Waals surface area contributed by atoms with E-state index in [4.69, 9.17) is 0 Å². The topological polar surface area (TPSA) is 97.8 Å². The Morgan fingerprint density at radius 1 is 1.15 bits per heavy atom. The molecule has 0 amide bonds. The maximum Gasteiger partial charge on any atom is 0.357 e. The molecule has 7 nitrogen and oxygen atoms in total. The van der Waals surface area contributed by atoms with Gasteiger partial charge in [-0.3, -0.25) is 9.78 Å². The highest BCUT2D eigenvalue weighted by molar-refractivity contribution is 7.09. The number of esters is 1. The van der Waals surface area contributed by atoms with Crippen molar-refractivity contribution >= 4 is 34.0 Å². The molecule has 0 unspecified atom stereocenters. The van der Waals surface area contributed by atoms with E-state index in [0.29, 0.717) is 17.7 Å². The third kappa shape index (κ3) is 3.34. The number of fused-ring (bicyclic) bond motifs is 1. The number of rotatable bonds is 5. The van der Waals surface area contributed by atoms with Crippen LogP contribution in [0, 0.1) is 0 Å². The lowest BCUT2D eigenvalue weighted by molar-refractivity contribution is 0.0594. The Hall–Kier alpha value is -3.39. The van der Waals surface area contributed by atoms with E-state index in [1.807, 2.05) is 24.3 Å². The average Bonchev–Trinajstić information content (AvgIpc) is 3.34. The van der Waals surface area contributed by atoms with E-state index in [0.717, 1.165) is 15.9 Å². The summed E-state index contributed by atoms with van der Waals surface area (Å²) in [5.41, 5.74) is 2.68. The van der Waals surface area contributed by atoms with Crippen molar-refractivity contribution in [2.45, 2.75) is 6.42 Å². The number of ketones is 1. The minimum atomic E-state index is -0.469. The van der Waals surface area contributed by atoms with Crippen molar-refractivity contribution in [2.24, 2.45) is 0 Å². The molecule has 0 fully saturated rings. The van der Waals surface area contributed by atoms with Gasteiger partial charge in [-0.05, 0) is 6.07 Å². The van der Waals surface area contributed by atoms with E-state index < -0.39 is 5.97 Å². The van der Waals surface area contributed by atoms with E-state index in [1.165, 1.54) is 24.6 Å². The molecule has 4 aromatic rings. The number of nitrogens with zero attached hydrogens (tertiary/aromatic N) is 3. The molecular weight excluding hydrogens is 364 g/mol. The molecule has 1 N–H and O–H groups in total. The molecule has 0 atom stereocenters. The normalized spacial score (nSPS) is 10.9. The summed E-state index contributed by atoms with van der Waals surface area (Å²) in [5.74, 6) is -0.656. The number of benzene rings is 1. The number of aromatic amines is 1. The van der Waals surface area contributed by atoms with Gasteiger partial charge in [-0.15, -0.1) is 11.3 Å². The second-order valence-electron chi connectivity index (χ2n) is 5.76. The number of nitrogens with one attached hydrogen (secondary N) is 1. The lowest BCUT2D eigenvalue weighted by Gasteiger charge is -2.01. The highest BCUT2D eigenvalue weighted by Gasteiger charge is 2.16. The molecule has 8 heteroatoms. The third-order valence-electron chi connectivity index (χ3n) is 4.05. The zero-order valence-electron chi connectivity index (χ0n) is 14.3. The predicted molar refractivity (Wildman–Crippen MR) is 100 cm³/mol. The van der Waals surface area contributed by atoms with Crippen LogP contribution in [0.25, 0.3) is 10.9 Å². The Morgan fingerprint density at radius 2 is 2.00 bits per heavy atom. The highest BCUT2D eigenvalue weighted by Crippen LogP contribution is 2.20. The number of methoxy groups -OCH3 is 1. The molecule has 0 aliphatic rings. The summed E-state index contributed by atoms with van der Waals surface area (Å²) in [5, 5.41) is 3.22. The molecule has 0 aliphatic heterocycles. The van der Waals surface area contributed by atoms with Crippen LogP contribution in [0.15, 0.2) is 48.2 Å². The Balaban J connectivity index is 1.52. The lowest BCUT2D eigenvalue weighted by atomic mass is 10.1.